The summed E-state index contributed by atoms with van der Waals surface area (Å²) >= 11 is 0.861. The standard InChI is InChI=1S/C30H37N11O14S2.K.H/c1-28(2,3)53-23(47)30(7,8)55-37-19(16-12-56-24(34-16)35-26(49)54-29(4,5)6)21(45)33-15-11-39(22(15)46)25(48)38-57(51,52)41-27(50)40(13-32-41)36-20(44)14-9-17(42)18(43)10-31-14;;/h9-10,12-13,15,43H,11H2,1-8H3,(H,31,42)(H,33,45)(H,36,44)(H,38,48)(H,34,35,49);;. The third kappa shape index (κ3) is 12.0. The van der Waals surface area contributed by atoms with E-state index < -0.39 is 104 Å². The molecule has 4 rings (SSSR count). The SMILES string of the molecule is CC(C)(C)OC(=O)Nc1nc(C(=NOC(C)(C)C(=O)OC(C)(C)C)C(=O)NC2CN(C(=O)NS(=O)(=O)n3ncn(NC(=O)c4cc(=O)c(O)c[nH]4)c3=O)C2=O)cs1.[KH]. The van der Waals surface area contributed by atoms with E-state index in [1.807, 2.05) is 5.43 Å². The number of nitrogens with zero attached hydrogens (tertiary/aromatic N) is 6. The van der Waals surface area contributed by atoms with Crippen LogP contribution in [0.3, 0.4) is 0 Å². The minimum atomic E-state index is -5.14. The fourth-order valence-corrected chi connectivity index (χ4v) is 5.64. The van der Waals surface area contributed by atoms with Gasteiger partial charge in [0.1, 0.15) is 35.0 Å². The molecule has 0 aromatic carbocycles. The number of H-pyrrole nitrogens is 1. The molecule has 0 spiro atoms. The van der Waals surface area contributed by atoms with Gasteiger partial charge in [-0.3, -0.25) is 34.8 Å². The fourth-order valence-electron chi connectivity index (χ4n) is 4.08. The molecule has 1 aliphatic heterocycles. The van der Waals surface area contributed by atoms with Crippen molar-refractivity contribution >= 4 is 120 Å². The van der Waals surface area contributed by atoms with E-state index in [-0.39, 0.29) is 66.3 Å². The van der Waals surface area contributed by atoms with E-state index in [9.17, 15) is 51.9 Å². The molecule has 0 aliphatic carbocycles. The van der Waals surface area contributed by atoms with E-state index in [1.165, 1.54) is 23.9 Å². The predicted molar refractivity (Wildman–Crippen MR) is 202 cm³/mol. The first-order valence-corrected chi connectivity index (χ1v) is 18.5. The number of esters is 1. The maximum atomic E-state index is 13.5. The van der Waals surface area contributed by atoms with Crippen molar-refractivity contribution in [3.8, 4) is 5.75 Å². The van der Waals surface area contributed by atoms with Crippen LogP contribution in [0.25, 0.3) is 0 Å². The number of imide groups is 1. The van der Waals surface area contributed by atoms with Crippen molar-refractivity contribution in [1.82, 2.24) is 38.8 Å². The molecule has 58 heavy (non-hydrogen) atoms. The molecule has 6 N–H and O–H groups in total. The number of carbonyl (C=O) groups excluding carboxylic acids is 6. The number of oxime groups is 1. The van der Waals surface area contributed by atoms with Crippen LogP contribution in [0.5, 0.6) is 5.75 Å². The van der Waals surface area contributed by atoms with Crippen LogP contribution in [0.1, 0.15) is 71.6 Å². The second-order valence-corrected chi connectivity index (χ2v) is 16.6. The van der Waals surface area contributed by atoms with Crippen molar-refractivity contribution in [3.05, 3.63) is 56.1 Å². The van der Waals surface area contributed by atoms with Crippen LogP contribution in [0, 0.1) is 0 Å². The summed E-state index contributed by atoms with van der Waals surface area (Å²) in [5.74, 6) is -4.87. The maximum absolute atomic E-state index is 13.5. The normalized spacial score (nSPS) is 14.6. The van der Waals surface area contributed by atoms with Crippen LogP contribution < -0.4 is 31.9 Å². The summed E-state index contributed by atoms with van der Waals surface area (Å²) in [6, 6.07) is -2.28. The zero-order chi connectivity index (χ0) is 42.8. The van der Waals surface area contributed by atoms with Gasteiger partial charge < -0.3 is 29.7 Å². The molecule has 1 atom stereocenters. The van der Waals surface area contributed by atoms with Gasteiger partial charge in [0.25, 0.3) is 17.7 Å². The molecule has 3 aromatic rings. The van der Waals surface area contributed by atoms with Gasteiger partial charge in [-0.2, -0.15) is 13.1 Å². The Morgan fingerprint density at radius 1 is 1.02 bits per heavy atom. The van der Waals surface area contributed by atoms with Gasteiger partial charge in [0.15, 0.2) is 16.6 Å². The van der Waals surface area contributed by atoms with Gasteiger partial charge in [0.05, 0.1) is 6.54 Å². The zero-order valence-electron chi connectivity index (χ0n) is 31.3. The number of carbonyl (C=O) groups is 6. The molecule has 1 fully saturated rings. The Hall–Kier alpha value is -5.00. The monoisotopic (exact) mass is 879 g/mol. The molecule has 25 nitrogen and oxygen atoms in total. The van der Waals surface area contributed by atoms with Crippen LogP contribution in [0.4, 0.5) is 14.7 Å². The van der Waals surface area contributed by atoms with Gasteiger partial charge in [-0.05, 0) is 55.4 Å². The number of hydrogen-bond acceptors (Lipinski definition) is 18. The number of rotatable bonds is 11. The van der Waals surface area contributed by atoms with Crippen molar-refractivity contribution < 1.29 is 56.6 Å². The number of ether oxygens (including phenoxy) is 2. The number of urea groups is 1. The number of amides is 6. The number of aromatic hydroxyl groups is 1. The molecule has 1 saturated heterocycles. The molecule has 310 valence electrons. The number of nitrogens with one attached hydrogen (secondary N) is 5. The number of β-lactam (4-membered cyclic amide) rings is 1. The Bertz CT molecular complexity index is 2390. The summed E-state index contributed by atoms with van der Waals surface area (Å²) < 4.78 is 37.8. The number of aromatic amines is 1. The van der Waals surface area contributed by atoms with Crippen LogP contribution in [-0.4, -0.2) is 165 Å². The summed E-state index contributed by atoms with van der Waals surface area (Å²) in [6.45, 7) is 11.8. The van der Waals surface area contributed by atoms with E-state index in [0.29, 0.717) is 22.0 Å². The Morgan fingerprint density at radius 3 is 2.24 bits per heavy atom. The second-order valence-electron chi connectivity index (χ2n) is 14.3. The van der Waals surface area contributed by atoms with Gasteiger partial charge in [-0.15, -0.1) is 16.4 Å². The number of anilines is 1. The fraction of sp³-hybridized carbons (Fsp3) is 0.433. The van der Waals surface area contributed by atoms with E-state index >= 15 is 0 Å². The molecule has 1 unspecified atom stereocenters. The number of pyridine rings is 1. The summed E-state index contributed by atoms with van der Waals surface area (Å²) in [5.41, 5.74) is -5.20. The first kappa shape index (κ1) is 47.4. The van der Waals surface area contributed by atoms with Gasteiger partial charge in [0.2, 0.25) is 11.0 Å². The average molecular weight is 880 g/mol. The molecule has 6 amide bonds. The molecule has 28 heteroatoms. The minimum absolute atomic E-state index is 0. The van der Waals surface area contributed by atoms with Crippen LogP contribution >= 0.6 is 11.3 Å². The quantitative estimate of drug-likeness (QED) is 0.0426. The van der Waals surface area contributed by atoms with E-state index in [4.69, 9.17) is 14.3 Å². The number of likely N-dealkylation sites (tertiary alicyclic amines) is 1. The molecule has 1 aliphatic rings. The molecule has 0 radical (unpaired) electrons. The third-order valence-electron chi connectivity index (χ3n) is 6.75. The van der Waals surface area contributed by atoms with Crippen molar-refractivity contribution in [2.24, 2.45) is 5.16 Å². The first-order chi connectivity index (χ1) is 26.2. The van der Waals surface area contributed by atoms with Gasteiger partial charge in [-0.1, -0.05) is 9.24 Å². The van der Waals surface area contributed by atoms with Gasteiger partial charge in [-0.25, -0.2) is 28.9 Å². The molecule has 0 saturated carbocycles. The van der Waals surface area contributed by atoms with Crippen molar-refractivity contribution in [1.29, 1.82) is 0 Å². The Kier molecular flexibility index (Phi) is 14.6. The van der Waals surface area contributed by atoms with E-state index in [1.54, 1.807) is 41.5 Å². The third-order valence-corrected chi connectivity index (χ3v) is 8.65. The van der Waals surface area contributed by atoms with Crippen LogP contribution in [-0.2, 0) is 38.9 Å². The van der Waals surface area contributed by atoms with E-state index in [2.05, 4.69) is 30.9 Å². The van der Waals surface area contributed by atoms with Gasteiger partial charge >= 0.3 is 85.4 Å². The Morgan fingerprint density at radius 2 is 1.66 bits per heavy atom. The van der Waals surface area contributed by atoms with Gasteiger partial charge in [0, 0.05) is 17.6 Å². The van der Waals surface area contributed by atoms with Crippen molar-refractivity contribution in [2.75, 3.05) is 17.3 Å². The molecular weight excluding hydrogens is 842 g/mol. The average Bonchev–Trinajstić information content (AvgIpc) is 3.68. The first-order valence-electron chi connectivity index (χ1n) is 16.2. The van der Waals surface area contributed by atoms with E-state index in [0.717, 1.165) is 17.5 Å². The number of thiazole rings is 1. The summed E-state index contributed by atoms with van der Waals surface area (Å²) in [7, 11) is -5.14. The molecular formula is C30H38KN11O14S2. The number of aromatic nitrogens is 5. The summed E-state index contributed by atoms with van der Waals surface area (Å²) in [6.07, 6.45) is 0.500. The summed E-state index contributed by atoms with van der Waals surface area (Å²) in [4.78, 5) is 113. The zero-order valence-corrected chi connectivity index (χ0v) is 33.0. The predicted octanol–water partition coefficient (Wildman–Crippen LogP) is -1.35. The van der Waals surface area contributed by atoms with Crippen molar-refractivity contribution in [3.63, 3.8) is 0 Å². The molecule has 4 heterocycles. The Balaban J connectivity index is 0.00000900. The van der Waals surface area contributed by atoms with Crippen LogP contribution in [0.2, 0.25) is 0 Å². The topological polar surface area (TPSA) is 334 Å². The molecule has 0 bridgehead atoms. The second kappa shape index (κ2) is 17.9. The number of hydrogen-bond donors (Lipinski definition) is 6. The van der Waals surface area contributed by atoms with Crippen molar-refractivity contribution in [2.45, 2.75) is 78.2 Å². The van der Waals surface area contributed by atoms with Crippen LogP contribution in [0.15, 0.2) is 38.7 Å². The Labute approximate surface area is 374 Å². The molecule has 3 aromatic heterocycles. The summed E-state index contributed by atoms with van der Waals surface area (Å²) in [5, 5.41) is 22.4.